The molecule has 1 aromatic carbocycles. The molecule has 0 radical (unpaired) electrons. The van der Waals surface area contributed by atoms with E-state index in [2.05, 4.69) is 11.7 Å². The fourth-order valence-electron chi connectivity index (χ4n) is 2.54. The Labute approximate surface area is 133 Å². The number of hydrogen-bond acceptors (Lipinski definition) is 6. The number of hydrogen-bond donors (Lipinski definition) is 0. The van der Waals surface area contributed by atoms with Crippen molar-refractivity contribution in [2.75, 3.05) is 24.7 Å². The van der Waals surface area contributed by atoms with E-state index in [9.17, 15) is 13.6 Å². The van der Waals surface area contributed by atoms with Gasteiger partial charge in [0.2, 0.25) is 11.4 Å². The summed E-state index contributed by atoms with van der Waals surface area (Å²) in [5, 5.41) is 3.60. The minimum Gasteiger partial charge on any atom is -0.351 e. The highest BCUT2D eigenvalue weighted by Gasteiger charge is 2.33. The van der Waals surface area contributed by atoms with Crippen molar-refractivity contribution in [2.24, 2.45) is 0 Å². The summed E-state index contributed by atoms with van der Waals surface area (Å²) >= 11 is 0.966. The predicted molar refractivity (Wildman–Crippen MR) is 78.0 cm³/mol. The molecule has 0 bridgehead atoms. The lowest BCUT2D eigenvalue weighted by molar-refractivity contribution is -0.0467. The van der Waals surface area contributed by atoms with Crippen LogP contribution in [0.15, 0.2) is 22.1 Å². The van der Waals surface area contributed by atoms with Gasteiger partial charge < -0.3 is 14.0 Å². The Balaban J connectivity index is 1.87. The fourth-order valence-corrected chi connectivity index (χ4v) is 3.24. The third-order valence-corrected chi connectivity index (χ3v) is 4.38. The number of fused-ring (bicyclic) bond motifs is 1. The first-order valence-electron chi connectivity index (χ1n) is 6.74. The molecule has 1 aromatic heterocycles. The van der Waals surface area contributed by atoms with Crippen LogP contribution in [0.25, 0.3) is 11.0 Å². The van der Waals surface area contributed by atoms with Gasteiger partial charge in [-0.15, -0.1) is 0 Å². The van der Waals surface area contributed by atoms with E-state index < -0.39 is 17.9 Å². The molecule has 0 aliphatic carbocycles. The maximum absolute atomic E-state index is 14.2. The summed E-state index contributed by atoms with van der Waals surface area (Å²) in [5.74, 6) is -2.18. The number of halogens is 2. The van der Waals surface area contributed by atoms with Gasteiger partial charge in [0.05, 0.1) is 25.1 Å². The molecule has 1 amide bonds. The van der Waals surface area contributed by atoms with Crippen LogP contribution in [0, 0.1) is 11.6 Å². The number of amides is 1. The standard InChI is InChI=1S/C14H10F2N2O4S/c1-6-5-18(14(19)23-6)12-8-4-7(13-20-2-3-21-13)9(15)10(16)11(8)22-17-12/h4,13H,1-3,5H2. The molecule has 0 N–H and O–H groups in total. The molecule has 3 heterocycles. The lowest BCUT2D eigenvalue weighted by Gasteiger charge is -2.13. The largest absolute Gasteiger partial charge is 0.351 e. The maximum Gasteiger partial charge on any atom is 0.292 e. The third-order valence-electron chi connectivity index (χ3n) is 3.57. The van der Waals surface area contributed by atoms with Crippen LogP contribution in [0.1, 0.15) is 11.9 Å². The lowest BCUT2D eigenvalue weighted by Crippen LogP contribution is -2.22. The summed E-state index contributed by atoms with van der Waals surface area (Å²) in [4.78, 5) is 13.9. The zero-order valence-electron chi connectivity index (χ0n) is 11.7. The Morgan fingerprint density at radius 1 is 1.30 bits per heavy atom. The average Bonchev–Trinajstić information content (AvgIpc) is 3.22. The third kappa shape index (κ3) is 2.23. The first-order chi connectivity index (χ1) is 11.1. The van der Waals surface area contributed by atoms with Gasteiger partial charge in [0.1, 0.15) is 0 Å². The van der Waals surface area contributed by atoms with Crippen molar-refractivity contribution in [1.82, 2.24) is 5.16 Å². The molecule has 2 aromatic rings. The van der Waals surface area contributed by atoms with Gasteiger partial charge in [0.25, 0.3) is 5.24 Å². The van der Waals surface area contributed by atoms with Crippen molar-refractivity contribution < 1.29 is 27.6 Å². The van der Waals surface area contributed by atoms with E-state index in [1.54, 1.807) is 0 Å². The Kier molecular flexibility index (Phi) is 3.36. The summed E-state index contributed by atoms with van der Waals surface area (Å²) < 4.78 is 43.8. The van der Waals surface area contributed by atoms with Crippen molar-refractivity contribution in [3.8, 4) is 0 Å². The second-order valence-corrected chi connectivity index (χ2v) is 6.17. The van der Waals surface area contributed by atoms with Gasteiger partial charge in [0, 0.05) is 10.5 Å². The number of carbonyl (C=O) groups excluding carboxylic acids is 1. The minimum absolute atomic E-state index is 0.0879. The van der Waals surface area contributed by atoms with Crippen molar-refractivity contribution >= 4 is 33.8 Å². The number of ether oxygens (including phenoxy) is 2. The van der Waals surface area contributed by atoms with Gasteiger partial charge in [-0.1, -0.05) is 11.7 Å². The van der Waals surface area contributed by atoms with Crippen molar-refractivity contribution in [1.29, 1.82) is 0 Å². The zero-order valence-corrected chi connectivity index (χ0v) is 12.5. The Morgan fingerprint density at radius 2 is 2.04 bits per heavy atom. The van der Waals surface area contributed by atoms with Crippen LogP contribution < -0.4 is 4.90 Å². The van der Waals surface area contributed by atoms with Crippen molar-refractivity contribution in [3.63, 3.8) is 0 Å². The van der Waals surface area contributed by atoms with Gasteiger partial charge in [-0.3, -0.25) is 9.69 Å². The Hall–Kier alpha value is -1.97. The topological polar surface area (TPSA) is 64.8 Å². The first-order valence-corrected chi connectivity index (χ1v) is 7.55. The van der Waals surface area contributed by atoms with E-state index in [4.69, 9.17) is 14.0 Å². The summed E-state index contributed by atoms with van der Waals surface area (Å²) in [5.41, 5.74) is -0.440. The number of benzene rings is 1. The average molecular weight is 340 g/mol. The summed E-state index contributed by atoms with van der Waals surface area (Å²) in [6.45, 7) is 4.54. The molecular weight excluding hydrogens is 330 g/mol. The highest BCUT2D eigenvalue weighted by Crippen LogP contribution is 2.39. The lowest BCUT2D eigenvalue weighted by atomic mass is 10.1. The number of carbonyl (C=O) groups is 1. The van der Waals surface area contributed by atoms with E-state index in [0.717, 1.165) is 11.8 Å². The molecule has 6 nitrogen and oxygen atoms in total. The Bertz CT molecular complexity index is 832. The smallest absolute Gasteiger partial charge is 0.292 e. The second-order valence-electron chi connectivity index (χ2n) is 5.04. The van der Waals surface area contributed by atoms with Crippen LogP contribution in [0.2, 0.25) is 0 Å². The number of rotatable bonds is 2. The van der Waals surface area contributed by atoms with Crippen LogP contribution in [-0.4, -0.2) is 30.2 Å². The summed E-state index contributed by atoms with van der Waals surface area (Å²) in [6, 6.07) is 1.34. The minimum atomic E-state index is -1.19. The molecule has 0 spiro atoms. The van der Waals surface area contributed by atoms with Gasteiger partial charge in [-0.25, -0.2) is 4.39 Å². The second kappa shape index (κ2) is 5.29. The van der Waals surface area contributed by atoms with Crippen LogP contribution in [0.3, 0.4) is 0 Å². The molecule has 9 heteroatoms. The van der Waals surface area contributed by atoms with E-state index >= 15 is 0 Å². The van der Waals surface area contributed by atoms with Crippen molar-refractivity contribution in [2.45, 2.75) is 6.29 Å². The van der Waals surface area contributed by atoms with Gasteiger partial charge in [-0.05, 0) is 17.8 Å². The molecule has 2 aliphatic heterocycles. The van der Waals surface area contributed by atoms with E-state index in [1.165, 1.54) is 11.0 Å². The monoisotopic (exact) mass is 340 g/mol. The van der Waals surface area contributed by atoms with Crippen LogP contribution in [0.5, 0.6) is 0 Å². The fraction of sp³-hybridized carbons (Fsp3) is 0.286. The number of thioether (sulfide) groups is 1. The van der Waals surface area contributed by atoms with Crippen molar-refractivity contribution in [3.05, 3.63) is 34.7 Å². The SMILES string of the molecule is C=C1CN(c2noc3c(F)c(F)c(C4OCCO4)cc23)C(=O)S1. The molecule has 0 saturated carbocycles. The number of nitrogens with zero attached hydrogens (tertiary/aromatic N) is 2. The highest BCUT2D eigenvalue weighted by molar-refractivity contribution is 8.17. The molecule has 23 heavy (non-hydrogen) atoms. The summed E-state index contributed by atoms with van der Waals surface area (Å²) in [6.07, 6.45) is -0.990. The van der Waals surface area contributed by atoms with E-state index in [0.29, 0.717) is 18.1 Å². The van der Waals surface area contributed by atoms with E-state index in [-0.39, 0.29) is 34.1 Å². The molecule has 0 atom stereocenters. The highest BCUT2D eigenvalue weighted by atomic mass is 32.2. The molecule has 2 saturated heterocycles. The molecular formula is C14H10F2N2O4S. The van der Waals surface area contributed by atoms with Crippen LogP contribution >= 0.6 is 11.8 Å². The maximum atomic E-state index is 14.2. The molecule has 120 valence electrons. The molecule has 0 unspecified atom stereocenters. The van der Waals surface area contributed by atoms with Gasteiger partial charge >= 0.3 is 0 Å². The molecule has 2 aliphatic rings. The normalized spacial score (nSPS) is 19.5. The number of anilines is 1. The van der Waals surface area contributed by atoms with E-state index in [1.807, 2.05) is 0 Å². The Morgan fingerprint density at radius 3 is 2.70 bits per heavy atom. The van der Waals surface area contributed by atoms with Crippen LogP contribution in [0.4, 0.5) is 19.4 Å². The molecule has 2 fully saturated rings. The first kappa shape index (κ1) is 14.6. The van der Waals surface area contributed by atoms with Gasteiger partial charge in [0.15, 0.2) is 17.9 Å². The van der Waals surface area contributed by atoms with Gasteiger partial charge in [-0.2, -0.15) is 4.39 Å². The number of aromatic nitrogens is 1. The quantitative estimate of drug-likeness (QED) is 0.835. The summed E-state index contributed by atoms with van der Waals surface area (Å²) in [7, 11) is 0. The predicted octanol–water partition coefficient (Wildman–Crippen LogP) is 3.34. The van der Waals surface area contributed by atoms with Crippen LogP contribution in [-0.2, 0) is 9.47 Å². The molecule has 4 rings (SSSR count). The zero-order chi connectivity index (χ0) is 16.1.